The van der Waals surface area contributed by atoms with Crippen LogP contribution in [-0.4, -0.2) is 48.4 Å². The number of benzene rings is 1. The van der Waals surface area contributed by atoms with E-state index in [2.05, 4.69) is 0 Å². The molecule has 2 rings (SSSR count). The number of aryl methyl sites for hydroxylation is 1. The Kier molecular flexibility index (Phi) is 7.93. The third-order valence-corrected chi connectivity index (χ3v) is 7.91. The van der Waals surface area contributed by atoms with Crippen LogP contribution in [0.15, 0.2) is 28.0 Å². The number of carbonyl (C=O) groups excluding carboxylic acids is 2. The highest BCUT2D eigenvalue weighted by atomic mass is 32.2. The number of rotatable bonds is 8. The van der Waals surface area contributed by atoms with Crippen LogP contribution in [0.25, 0.3) is 0 Å². The van der Waals surface area contributed by atoms with Crippen molar-refractivity contribution >= 4 is 34.0 Å². The normalized spacial score (nSPS) is 19.1. The molecule has 0 saturated carbocycles. The zero-order chi connectivity index (χ0) is 21.8. The van der Waals surface area contributed by atoms with Crippen molar-refractivity contribution in [2.24, 2.45) is 0 Å². The third kappa shape index (κ3) is 6.30. The third-order valence-electron chi connectivity index (χ3n) is 4.59. The SMILES string of the molecule is Cc1ccc(S(=O)(=O)N2CCC[C@H]2C(=O)OC(C)(C)C)c(S[C@H](C)CCC=O)c1. The first-order chi connectivity index (χ1) is 13.5. The summed E-state index contributed by atoms with van der Waals surface area (Å²) in [6.45, 7) is 9.50. The van der Waals surface area contributed by atoms with Crippen molar-refractivity contribution in [3.05, 3.63) is 23.8 Å². The van der Waals surface area contributed by atoms with Gasteiger partial charge < -0.3 is 9.53 Å². The fraction of sp³-hybridized carbons (Fsp3) is 0.619. The van der Waals surface area contributed by atoms with E-state index in [-0.39, 0.29) is 10.1 Å². The van der Waals surface area contributed by atoms with Crippen molar-refractivity contribution in [1.29, 1.82) is 0 Å². The summed E-state index contributed by atoms with van der Waals surface area (Å²) >= 11 is 1.45. The Balaban J connectivity index is 2.34. The van der Waals surface area contributed by atoms with E-state index < -0.39 is 27.6 Å². The Labute approximate surface area is 178 Å². The van der Waals surface area contributed by atoms with Gasteiger partial charge in [-0.3, -0.25) is 4.79 Å². The molecule has 1 saturated heterocycles. The molecular formula is C21H31NO5S2. The van der Waals surface area contributed by atoms with Crippen molar-refractivity contribution < 1.29 is 22.7 Å². The Morgan fingerprint density at radius 1 is 1.38 bits per heavy atom. The van der Waals surface area contributed by atoms with Crippen molar-refractivity contribution in [1.82, 2.24) is 4.31 Å². The van der Waals surface area contributed by atoms with Gasteiger partial charge in [-0.25, -0.2) is 8.42 Å². The second-order valence-electron chi connectivity index (χ2n) is 8.43. The Bertz CT molecular complexity index is 845. The average Bonchev–Trinajstić information content (AvgIpc) is 3.09. The first kappa shape index (κ1) is 23.9. The molecule has 162 valence electrons. The smallest absolute Gasteiger partial charge is 0.324 e. The van der Waals surface area contributed by atoms with Crippen LogP contribution in [-0.2, 0) is 24.3 Å². The number of hydrogen-bond donors (Lipinski definition) is 0. The summed E-state index contributed by atoms with van der Waals surface area (Å²) in [7, 11) is -3.86. The minimum atomic E-state index is -3.86. The van der Waals surface area contributed by atoms with E-state index in [0.717, 1.165) is 11.8 Å². The zero-order valence-corrected chi connectivity index (χ0v) is 19.4. The minimum absolute atomic E-state index is 0.0937. The minimum Gasteiger partial charge on any atom is -0.459 e. The van der Waals surface area contributed by atoms with Crippen molar-refractivity contribution in [2.75, 3.05) is 6.54 Å². The Morgan fingerprint density at radius 2 is 2.07 bits per heavy atom. The lowest BCUT2D eigenvalue weighted by molar-refractivity contribution is -0.158. The van der Waals surface area contributed by atoms with Crippen LogP contribution in [0, 0.1) is 6.92 Å². The van der Waals surface area contributed by atoms with Crippen LogP contribution >= 0.6 is 11.8 Å². The van der Waals surface area contributed by atoms with Crippen molar-refractivity contribution in [3.8, 4) is 0 Å². The molecule has 0 aliphatic carbocycles. The molecule has 6 nitrogen and oxygen atoms in total. The van der Waals surface area contributed by atoms with Crippen LogP contribution in [0.2, 0.25) is 0 Å². The van der Waals surface area contributed by atoms with Crippen molar-refractivity contribution in [3.63, 3.8) is 0 Å². The lowest BCUT2D eigenvalue weighted by Crippen LogP contribution is -2.43. The van der Waals surface area contributed by atoms with Gasteiger partial charge in [-0.1, -0.05) is 13.0 Å². The van der Waals surface area contributed by atoms with Gasteiger partial charge >= 0.3 is 5.97 Å². The van der Waals surface area contributed by atoms with E-state index in [0.29, 0.717) is 37.1 Å². The maximum absolute atomic E-state index is 13.5. The number of aldehydes is 1. The summed E-state index contributed by atoms with van der Waals surface area (Å²) in [4.78, 5) is 24.1. The van der Waals surface area contributed by atoms with Crippen LogP contribution in [0.4, 0.5) is 0 Å². The fourth-order valence-corrected chi connectivity index (χ4v) is 6.55. The standard InChI is InChI=1S/C21H31NO5S2/c1-15-10-11-19(18(14-15)28-16(2)8-7-13-23)29(25,26)22-12-6-9-17(22)20(24)27-21(3,4)5/h10-11,13-14,16-17H,6-9,12H2,1-5H3/t16-,17+/m1/s1. The largest absolute Gasteiger partial charge is 0.459 e. The number of thioether (sulfide) groups is 1. The summed E-state index contributed by atoms with van der Waals surface area (Å²) < 4.78 is 33.7. The van der Waals surface area contributed by atoms with Crippen LogP contribution < -0.4 is 0 Å². The van der Waals surface area contributed by atoms with Gasteiger partial charge in [0.15, 0.2) is 0 Å². The topological polar surface area (TPSA) is 80.8 Å². The van der Waals surface area contributed by atoms with Crippen LogP contribution in [0.5, 0.6) is 0 Å². The number of nitrogens with zero attached hydrogens (tertiary/aromatic N) is 1. The summed E-state index contributed by atoms with van der Waals surface area (Å²) in [5, 5.41) is 0.0937. The highest BCUT2D eigenvalue weighted by molar-refractivity contribution is 8.00. The molecular weight excluding hydrogens is 410 g/mol. The lowest BCUT2D eigenvalue weighted by atomic mass is 10.2. The van der Waals surface area contributed by atoms with Gasteiger partial charge in [0.25, 0.3) is 0 Å². The molecule has 1 aromatic carbocycles. The summed E-state index contributed by atoms with van der Waals surface area (Å²) in [6, 6.07) is 4.44. The van der Waals surface area contributed by atoms with Gasteiger partial charge in [-0.05, 0) is 64.7 Å². The maximum atomic E-state index is 13.5. The van der Waals surface area contributed by atoms with Gasteiger partial charge in [-0.15, -0.1) is 11.8 Å². The second kappa shape index (κ2) is 9.62. The molecule has 2 atom stereocenters. The molecule has 8 heteroatoms. The van der Waals surface area contributed by atoms with Crippen LogP contribution in [0.3, 0.4) is 0 Å². The lowest BCUT2D eigenvalue weighted by Gasteiger charge is -2.27. The highest BCUT2D eigenvalue weighted by Gasteiger charge is 2.42. The van der Waals surface area contributed by atoms with E-state index in [1.165, 1.54) is 16.1 Å². The van der Waals surface area contributed by atoms with E-state index in [1.807, 2.05) is 19.9 Å². The van der Waals surface area contributed by atoms with Gasteiger partial charge in [0, 0.05) is 23.1 Å². The molecule has 29 heavy (non-hydrogen) atoms. The first-order valence-electron chi connectivity index (χ1n) is 9.91. The number of esters is 1. The van der Waals surface area contributed by atoms with Gasteiger partial charge in [-0.2, -0.15) is 4.31 Å². The Hall–Kier alpha value is -1.38. The van der Waals surface area contributed by atoms with E-state index in [4.69, 9.17) is 4.74 Å². The zero-order valence-electron chi connectivity index (χ0n) is 17.8. The molecule has 1 aromatic rings. The molecule has 0 N–H and O–H groups in total. The molecule has 0 bridgehead atoms. The Morgan fingerprint density at radius 3 is 2.69 bits per heavy atom. The highest BCUT2D eigenvalue weighted by Crippen LogP contribution is 2.36. The summed E-state index contributed by atoms with van der Waals surface area (Å²) in [6.07, 6.45) is 3.06. The number of sulfonamides is 1. The number of hydrogen-bond acceptors (Lipinski definition) is 6. The predicted octanol–water partition coefficient (Wildman–Crippen LogP) is 3.95. The van der Waals surface area contributed by atoms with Gasteiger partial charge in [0.05, 0.1) is 4.90 Å². The molecule has 0 spiro atoms. The summed E-state index contributed by atoms with van der Waals surface area (Å²) in [5.74, 6) is -0.501. The number of carbonyl (C=O) groups is 2. The van der Waals surface area contributed by atoms with Gasteiger partial charge in [0.1, 0.15) is 17.9 Å². The van der Waals surface area contributed by atoms with E-state index >= 15 is 0 Å². The molecule has 0 unspecified atom stereocenters. The fourth-order valence-electron chi connectivity index (χ4n) is 3.26. The van der Waals surface area contributed by atoms with Crippen LogP contribution in [0.1, 0.15) is 58.9 Å². The molecule has 0 aromatic heterocycles. The van der Waals surface area contributed by atoms with E-state index in [1.54, 1.807) is 32.9 Å². The quantitative estimate of drug-likeness (QED) is 0.345. The molecule has 1 aliphatic rings. The molecule has 0 amide bonds. The monoisotopic (exact) mass is 441 g/mol. The van der Waals surface area contributed by atoms with E-state index in [9.17, 15) is 18.0 Å². The first-order valence-corrected chi connectivity index (χ1v) is 12.2. The average molecular weight is 442 g/mol. The molecule has 1 heterocycles. The predicted molar refractivity (Wildman–Crippen MR) is 115 cm³/mol. The van der Waals surface area contributed by atoms with Crippen molar-refractivity contribution in [2.45, 2.75) is 87.0 Å². The van der Waals surface area contributed by atoms with Gasteiger partial charge in [0.2, 0.25) is 10.0 Å². The maximum Gasteiger partial charge on any atom is 0.324 e. The molecule has 0 radical (unpaired) electrons. The molecule has 1 fully saturated rings. The number of ether oxygens (including phenoxy) is 1. The summed E-state index contributed by atoms with van der Waals surface area (Å²) in [5.41, 5.74) is 0.285. The second-order valence-corrected chi connectivity index (χ2v) is 11.8. The molecule has 1 aliphatic heterocycles.